The molecular formula is C10H16O. The summed E-state index contributed by atoms with van der Waals surface area (Å²) in [6.07, 6.45) is 5.04. The third-order valence-electron chi connectivity index (χ3n) is 2.33. The Kier molecular flexibility index (Phi) is 2.48. The molecule has 0 aromatic heterocycles. The predicted molar refractivity (Wildman–Crippen MR) is 46.3 cm³/mol. The van der Waals surface area contributed by atoms with Crippen LogP contribution >= 0.6 is 0 Å². The summed E-state index contributed by atoms with van der Waals surface area (Å²) >= 11 is 0. The molecule has 2 atom stereocenters. The van der Waals surface area contributed by atoms with E-state index < -0.39 is 0 Å². The highest BCUT2D eigenvalue weighted by atomic mass is 16.1. The summed E-state index contributed by atoms with van der Waals surface area (Å²) in [5.74, 6) is 2.47. The molecule has 0 aliphatic heterocycles. The van der Waals surface area contributed by atoms with E-state index in [9.17, 15) is 4.79 Å². The largest absolute Gasteiger partial charge is 0.295 e. The number of carbonyl (C=O) groups excluding carboxylic acids is 1. The van der Waals surface area contributed by atoms with Crippen molar-refractivity contribution in [3.8, 4) is 0 Å². The van der Waals surface area contributed by atoms with Crippen LogP contribution in [-0.2, 0) is 4.79 Å². The molecule has 1 aliphatic carbocycles. The van der Waals surface area contributed by atoms with Gasteiger partial charge in [0.25, 0.3) is 0 Å². The average Bonchev–Trinajstić information content (AvgIpc) is 2.61. The highest BCUT2D eigenvalue weighted by Crippen LogP contribution is 2.44. The van der Waals surface area contributed by atoms with Gasteiger partial charge >= 0.3 is 0 Å². The van der Waals surface area contributed by atoms with Crippen LogP contribution < -0.4 is 0 Å². The monoisotopic (exact) mass is 152 g/mol. The van der Waals surface area contributed by atoms with E-state index in [1.807, 2.05) is 0 Å². The van der Waals surface area contributed by atoms with E-state index >= 15 is 0 Å². The average molecular weight is 152 g/mol. The summed E-state index contributed by atoms with van der Waals surface area (Å²) in [5.41, 5.74) is 0. The van der Waals surface area contributed by atoms with Crippen LogP contribution in [0.1, 0.15) is 27.2 Å². The molecule has 0 radical (unpaired) electrons. The molecule has 1 saturated carbocycles. The summed E-state index contributed by atoms with van der Waals surface area (Å²) in [6, 6.07) is 0. The lowest BCUT2D eigenvalue weighted by Gasteiger charge is -1.98. The van der Waals surface area contributed by atoms with Crippen LogP contribution in [0.3, 0.4) is 0 Å². The molecule has 0 bridgehead atoms. The maximum absolute atomic E-state index is 10.6. The third kappa shape index (κ3) is 2.49. The molecule has 1 nitrogen and oxygen atoms in total. The normalized spacial score (nSPS) is 29.8. The molecule has 0 amide bonds. The van der Waals surface area contributed by atoms with Crippen LogP contribution in [-0.4, -0.2) is 5.78 Å². The second-order valence-corrected chi connectivity index (χ2v) is 3.78. The van der Waals surface area contributed by atoms with Gasteiger partial charge in [0.15, 0.2) is 5.78 Å². The van der Waals surface area contributed by atoms with E-state index in [1.165, 1.54) is 6.42 Å². The Labute approximate surface area is 68.5 Å². The Hall–Kier alpha value is -0.590. The van der Waals surface area contributed by atoms with Crippen LogP contribution in [0.2, 0.25) is 0 Å². The topological polar surface area (TPSA) is 17.1 Å². The highest BCUT2D eigenvalue weighted by molar-refractivity contribution is 5.87. The fraction of sp³-hybridized carbons (Fsp3) is 0.700. The van der Waals surface area contributed by atoms with E-state index in [0.29, 0.717) is 5.92 Å². The summed E-state index contributed by atoms with van der Waals surface area (Å²) in [4.78, 5) is 10.6. The predicted octanol–water partition coefficient (Wildman–Crippen LogP) is 2.42. The fourth-order valence-corrected chi connectivity index (χ4v) is 1.48. The summed E-state index contributed by atoms with van der Waals surface area (Å²) in [6.45, 7) is 6.09. The van der Waals surface area contributed by atoms with Crippen molar-refractivity contribution in [3.63, 3.8) is 0 Å². The van der Waals surface area contributed by atoms with Gasteiger partial charge in [-0.3, -0.25) is 4.79 Å². The van der Waals surface area contributed by atoms with E-state index in [2.05, 4.69) is 19.9 Å². The van der Waals surface area contributed by atoms with Crippen LogP contribution in [0.5, 0.6) is 0 Å². The molecule has 0 N–H and O–H groups in total. The SMILES string of the molecule is CC(=O)C=CC1CC1C(C)C. The van der Waals surface area contributed by atoms with Gasteiger partial charge in [-0.15, -0.1) is 0 Å². The van der Waals surface area contributed by atoms with Crippen molar-refractivity contribution >= 4 is 5.78 Å². The molecule has 1 rings (SSSR count). The van der Waals surface area contributed by atoms with Crippen molar-refractivity contribution in [1.29, 1.82) is 0 Å². The molecule has 1 aliphatic rings. The highest BCUT2D eigenvalue weighted by Gasteiger charge is 2.36. The van der Waals surface area contributed by atoms with E-state index in [4.69, 9.17) is 0 Å². The zero-order valence-electron chi connectivity index (χ0n) is 7.50. The number of hydrogen-bond donors (Lipinski definition) is 0. The molecule has 0 saturated heterocycles. The molecule has 2 unspecified atom stereocenters. The van der Waals surface area contributed by atoms with E-state index in [1.54, 1.807) is 13.0 Å². The zero-order valence-corrected chi connectivity index (χ0v) is 7.50. The third-order valence-corrected chi connectivity index (χ3v) is 2.33. The number of rotatable bonds is 3. The first kappa shape index (κ1) is 8.51. The number of hydrogen-bond acceptors (Lipinski definition) is 1. The van der Waals surface area contributed by atoms with E-state index in [0.717, 1.165) is 11.8 Å². The van der Waals surface area contributed by atoms with Gasteiger partial charge in [0, 0.05) is 0 Å². The van der Waals surface area contributed by atoms with E-state index in [-0.39, 0.29) is 5.78 Å². The lowest BCUT2D eigenvalue weighted by molar-refractivity contribution is -0.112. The Balaban J connectivity index is 2.28. The van der Waals surface area contributed by atoms with Gasteiger partial charge in [0.2, 0.25) is 0 Å². The quantitative estimate of drug-likeness (QED) is 0.568. The second-order valence-electron chi connectivity index (χ2n) is 3.78. The van der Waals surface area contributed by atoms with Gasteiger partial charge in [0.05, 0.1) is 0 Å². The van der Waals surface area contributed by atoms with Crippen molar-refractivity contribution in [2.75, 3.05) is 0 Å². The summed E-state index contributed by atoms with van der Waals surface area (Å²) < 4.78 is 0. The first-order valence-corrected chi connectivity index (χ1v) is 4.30. The Bertz CT molecular complexity index is 179. The molecular weight excluding hydrogens is 136 g/mol. The second kappa shape index (κ2) is 3.21. The van der Waals surface area contributed by atoms with Gasteiger partial charge < -0.3 is 0 Å². The van der Waals surface area contributed by atoms with Crippen molar-refractivity contribution in [3.05, 3.63) is 12.2 Å². The van der Waals surface area contributed by atoms with Crippen LogP contribution in [0.15, 0.2) is 12.2 Å². The van der Waals surface area contributed by atoms with Gasteiger partial charge in [-0.1, -0.05) is 19.9 Å². The summed E-state index contributed by atoms with van der Waals surface area (Å²) in [7, 11) is 0. The van der Waals surface area contributed by atoms with Crippen LogP contribution in [0.4, 0.5) is 0 Å². The number of allylic oxidation sites excluding steroid dienone is 2. The molecule has 1 fully saturated rings. The van der Waals surface area contributed by atoms with Gasteiger partial charge in [-0.25, -0.2) is 0 Å². The van der Waals surface area contributed by atoms with Gasteiger partial charge in [-0.05, 0) is 37.2 Å². The minimum absolute atomic E-state index is 0.166. The molecule has 0 heterocycles. The molecule has 0 aromatic rings. The van der Waals surface area contributed by atoms with Crippen molar-refractivity contribution in [2.45, 2.75) is 27.2 Å². The first-order valence-electron chi connectivity index (χ1n) is 4.30. The molecule has 0 spiro atoms. The van der Waals surface area contributed by atoms with Gasteiger partial charge in [0.1, 0.15) is 0 Å². The van der Waals surface area contributed by atoms with Crippen molar-refractivity contribution in [1.82, 2.24) is 0 Å². The maximum Gasteiger partial charge on any atom is 0.152 e. The number of carbonyl (C=O) groups is 1. The Morgan fingerprint density at radius 3 is 2.55 bits per heavy atom. The molecule has 11 heavy (non-hydrogen) atoms. The minimum atomic E-state index is 0.166. The van der Waals surface area contributed by atoms with Crippen molar-refractivity contribution < 1.29 is 4.79 Å². The maximum atomic E-state index is 10.6. The lowest BCUT2D eigenvalue weighted by atomic mass is 10.1. The minimum Gasteiger partial charge on any atom is -0.295 e. The fourth-order valence-electron chi connectivity index (χ4n) is 1.48. The Morgan fingerprint density at radius 1 is 1.55 bits per heavy atom. The Morgan fingerprint density at radius 2 is 2.18 bits per heavy atom. The molecule has 62 valence electrons. The van der Waals surface area contributed by atoms with Gasteiger partial charge in [-0.2, -0.15) is 0 Å². The zero-order chi connectivity index (χ0) is 8.43. The smallest absolute Gasteiger partial charge is 0.152 e. The first-order chi connectivity index (χ1) is 5.11. The molecule has 1 heteroatoms. The lowest BCUT2D eigenvalue weighted by Crippen LogP contribution is -1.91. The summed E-state index contributed by atoms with van der Waals surface area (Å²) in [5, 5.41) is 0. The van der Waals surface area contributed by atoms with Crippen molar-refractivity contribution in [2.24, 2.45) is 17.8 Å². The standard InChI is InChI=1S/C10H16O/c1-7(2)10-6-9(10)5-4-8(3)11/h4-5,7,9-10H,6H2,1-3H3. The van der Waals surface area contributed by atoms with Crippen LogP contribution in [0, 0.1) is 17.8 Å². The molecule has 0 aromatic carbocycles. The number of ketones is 1. The van der Waals surface area contributed by atoms with Crippen LogP contribution in [0.25, 0.3) is 0 Å².